The van der Waals surface area contributed by atoms with Gasteiger partial charge in [-0.05, 0) is 61.2 Å². The highest BCUT2D eigenvalue weighted by Crippen LogP contribution is 2.35. The van der Waals surface area contributed by atoms with E-state index < -0.39 is 22.2 Å². The van der Waals surface area contributed by atoms with Gasteiger partial charge in [0, 0.05) is 6.54 Å². The number of amides is 1. The largest absolute Gasteiger partial charge is 0.496 e. The van der Waals surface area contributed by atoms with Crippen molar-refractivity contribution in [3.05, 3.63) is 70.1 Å². The molecule has 2 aromatic heterocycles. The SMILES string of the molecule is COc1cccc2c1c(NS(=O)(=O)c1ccc(Cl)s1)nn2Cc1cccc(CCNC(=O)[C@@H]2CCCN2)c1.O=C(O)C(F)(F)F. The number of aliphatic carboxylic acids is 1. The van der Waals surface area contributed by atoms with Crippen molar-refractivity contribution in [2.45, 2.75) is 42.2 Å². The lowest BCUT2D eigenvalue weighted by Gasteiger charge is -2.11. The lowest BCUT2D eigenvalue weighted by Crippen LogP contribution is -2.41. The van der Waals surface area contributed by atoms with Crippen LogP contribution in [-0.2, 0) is 32.6 Å². The Morgan fingerprint density at radius 1 is 1.18 bits per heavy atom. The third-order valence-electron chi connectivity index (χ3n) is 6.66. The summed E-state index contributed by atoms with van der Waals surface area (Å²) in [5.41, 5.74) is 2.82. The van der Waals surface area contributed by atoms with E-state index in [1.165, 1.54) is 13.2 Å². The van der Waals surface area contributed by atoms with Gasteiger partial charge in [0.2, 0.25) is 5.91 Å². The number of alkyl halides is 3. The van der Waals surface area contributed by atoms with Crippen molar-refractivity contribution in [1.29, 1.82) is 0 Å². The van der Waals surface area contributed by atoms with Crippen molar-refractivity contribution in [2.75, 3.05) is 24.9 Å². The molecule has 1 fully saturated rings. The zero-order chi connectivity index (χ0) is 32.8. The number of carbonyl (C=O) groups excluding carboxylic acids is 1. The molecule has 1 atom stereocenters. The Hall–Kier alpha value is -3.86. The number of fused-ring (bicyclic) bond motifs is 1. The molecule has 2 aromatic carbocycles. The number of halogens is 4. The van der Waals surface area contributed by atoms with Crippen LogP contribution in [0.15, 0.2) is 58.8 Å². The zero-order valence-electron chi connectivity index (χ0n) is 23.7. The Bertz CT molecular complexity index is 1770. The van der Waals surface area contributed by atoms with E-state index in [9.17, 15) is 26.4 Å². The van der Waals surface area contributed by atoms with Crippen LogP contribution in [0.5, 0.6) is 5.75 Å². The minimum absolute atomic E-state index is 0.0513. The molecular formula is C28H29ClF3N5O6S2. The normalized spacial score (nSPS) is 14.9. The molecule has 1 aliphatic rings. The molecule has 11 nitrogen and oxygen atoms in total. The Morgan fingerprint density at radius 3 is 2.51 bits per heavy atom. The van der Waals surface area contributed by atoms with Crippen LogP contribution in [0.3, 0.4) is 0 Å². The molecule has 1 saturated heterocycles. The summed E-state index contributed by atoms with van der Waals surface area (Å²) in [7, 11) is -2.35. The lowest BCUT2D eigenvalue weighted by molar-refractivity contribution is -0.192. The standard InChI is InChI=1S/C26H28ClN5O4S2.C2HF3O2/c1-36-21-9-3-8-20-24(21)25(31-38(34,35)23-11-10-22(27)37-23)30-32(20)16-18-6-2-5-17(15-18)12-14-29-26(33)19-7-4-13-28-19;3-2(4,5)1(6)7/h2-3,5-6,8-11,15,19,28H,4,7,12-14,16H2,1H3,(H,29,33)(H,30,31);(H,6,7)/t19-;/m0./s1. The second-order valence-electron chi connectivity index (χ2n) is 9.84. The maximum atomic E-state index is 13.0. The molecule has 0 aliphatic carbocycles. The van der Waals surface area contributed by atoms with Crippen molar-refractivity contribution >= 4 is 61.6 Å². The van der Waals surface area contributed by atoms with Crippen LogP contribution in [0.25, 0.3) is 10.9 Å². The minimum Gasteiger partial charge on any atom is -0.496 e. The number of thiophene rings is 1. The second kappa shape index (κ2) is 14.5. The highest BCUT2D eigenvalue weighted by Gasteiger charge is 2.38. The number of benzene rings is 2. The van der Waals surface area contributed by atoms with Gasteiger partial charge in [-0.1, -0.05) is 41.9 Å². The van der Waals surface area contributed by atoms with Gasteiger partial charge in [0.15, 0.2) is 5.82 Å². The first-order chi connectivity index (χ1) is 21.3. The number of methoxy groups -OCH3 is 1. The summed E-state index contributed by atoms with van der Waals surface area (Å²) >= 11 is 6.93. The number of sulfonamides is 1. The molecule has 1 amide bonds. The number of rotatable bonds is 10. The summed E-state index contributed by atoms with van der Waals surface area (Å²) in [5.74, 6) is -2.01. The van der Waals surface area contributed by atoms with Crippen LogP contribution in [-0.4, -0.2) is 67.6 Å². The van der Waals surface area contributed by atoms with Crippen molar-refractivity contribution in [2.24, 2.45) is 0 Å². The third kappa shape index (κ3) is 8.87. The molecule has 0 spiro atoms. The number of nitrogens with one attached hydrogen (secondary N) is 3. The highest BCUT2D eigenvalue weighted by molar-refractivity contribution is 7.94. The summed E-state index contributed by atoms with van der Waals surface area (Å²) < 4.78 is 68.2. The van der Waals surface area contributed by atoms with E-state index in [1.807, 2.05) is 30.3 Å². The van der Waals surface area contributed by atoms with Gasteiger partial charge in [-0.2, -0.15) is 18.3 Å². The number of carbonyl (C=O) groups is 2. The number of hydrogen-bond acceptors (Lipinski definition) is 8. The monoisotopic (exact) mass is 687 g/mol. The highest BCUT2D eigenvalue weighted by atomic mass is 35.5. The van der Waals surface area contributed by atoms with Gasteiger partial charge in [0.1, 0.15) is 9.96 Å². The predicted octanol–water partition coefficient (Wildman–Crippen LogP) is 4.65. The maximum absolute atomic E-state index is 13.0. The molecule has 3 heterocycles. The molecule has 5 rings (SSSR count). The van der Waals surface area contributed by atoms with Gasteiger partial charge in [0.25, 0.3) is 10.0 Å². The molecule has 45 heavy (non-hydrogen) atoms. The molecular weight excluding hydrogens is 659 g/mol. The van der Waals surface area contributed by atoms with E-state index in [0.29, 0.717) is 35.0 Å². The fourth-order valence-corrected chi connectivity index (χ4v) is 7.09. The predicted molar refractivity (Wildman–Crippen MR) is 163 cm³/mol. The van der Waals surface area contributed by atoms with E-state index in [0.717, 1.165) is 47.4 Å². The molecule has 0 radical (unpaired) electrons. The average Bonchev–Trinajstić information content (AvgIpc) is 3.75. The Kier molecular flexibility index (Phi) is 11.0. The lowest BCUT2D eigenvalue weighted by atomic mass is 10.1. The van der Waals surface area contributed by atoms with Crippen molar-refractivity contribution in [1.82, 2.24) is 20.4 Å². The number of ether oxygens (including phenoxy) is 1. The Balaban J connectivity index is 0.000000591. The minimum atomic E-state index is -5.08. The molecule has 0 saturated carbocycles. The quantitative estimate of drug-likeness (QED) is 0.188. The molecule has 4 aromatic rings. The van der Waals surface area contributed by atoms with Crippen LogP contribution in [0.1, 0.15) is 24.0 Å². The van der Waals surface area contributed by atoms with Crippen molar-refractivity contribution in [3.63, 3.8) is 0 Å². The first-order valence-electron chi connectivity index (χ1n) is 13.5. The molecule has 0 unspecified atom stereocenters. The van der Waals surface area contributed by atoms with E-state index >= 15 is 0 Å². The summed E-state index contributed by atoms with van der Waals surface area (Å²) in [4.78, 5) is 21.2. The Labute approximate surface area is 265 Å². The average molecular weight is 688 g/mol. The maximum Gasteiger partial charge on any atom is 0.490 e. The summed E-state index contributed by atoms with van der Waals surface area (Å²) in [6, 6.07) is 16.5. The van der Waals surface area contributed by atoms with Gasteiger partial charge >= 0.3 is 12.1 Å². The smallest absolute Gasteiger partial charge is 0.490 e. The van der Waals surface area contributed by atoms with Crippen LogP contribution in [0.2, 0.25) is 4.34 Å². The fraction of sp³-hybridized carbons (Fsp3) is 0.321. The first-order valence-corrected chi connectivity index (χ1v) is 16.2. The number of aromatic nitrogens is 2. The van der Waals surface area contributed by atoms with Gasteiger partial charge in [-0.25, -0.2) is 13.2 Å². The van der Waals surface area contributed by atoms with Crippen molar-refractivity contribution in [3.8, 4) is 5.75 Å². The van der Waals surface area contributed by atoms with Crippen LogP contribution < -0.4 is 20.1 Å². The van der Waals surface area contributed by atoms with Crippen LogP contribution >= 0.6 is 22.9 Å². The van der Waals surface area contributed by atoms with E-state index in [-0.39, 0.29) is 22.0 Å². The summed E-state index contributed by atoms with van der Waals surface area (Å²) in [6.45, 7) is 1.86. The van der Waals surface area contributed by atoms with E-state index in [4.69, 9.17) is 26.2 Å². The molecule has 17 heteroatoms. The fourth-order valence-electron chi connectivity index (χ4n) is 4.60. The Morgan fingerprint density at radius 2 is 1.89 bits per heavy atom. The van der Waals surface area contributed by atoms with E-state index in [2.05, 4.69) is 26.5 Å². The number of carboxylic acid groups (broad SMARTS) is 1. The second-order valence-corrected chi connectivity index (χ2v) is 13.5. The van der Waals surface area contributed by atoms with Crippen LogP contribution in [0, 0.1) is 0 Å². The number of anilines is 1. The molecule has 242 valence electrons. The summed E-state index contributed by atoms with van der Waals surface area (Å²) in [6.07, 6.45) is -2.47. The van der Waals surface area contributed by atoms with Gasteiger partial charge in [-0.15, -0.1) is 11.3 Å². The number of nitrogens with zero attached hydrogens (tertiary/aromatic N) is 2. The van der Waals surface area contributed by atoms with Gasteiger partial charge in [0.05, 0.1) is 34.9 Å². The van der Waals surface area contributed by atoms with Crippen LogP contribution in [0.4, 0.5) is 19.0 Å². The van der Waals surface area contributed by atoms with Gasteiger partial charge in [-0.3, -0.25) is 14.2 Å². The topological polar surface area (TPSA) is 152 Å². The number of carboxylic acids is 1. The molecule has 4 N–H and O–H groups in total. The van der Waals surface area contributed by atoms with E-state index in [1.54, 1.807) is 16.8 Å². The van der Waals surface area contributed by atoms with Crippen molar-refractivity contribution < 1.29 is 41.0 Å². The molecule has 0 bridgehead atoms. The summed E-state index contributed by atoms with van der Waals surface area (Å²) in [5, 5.41) is 18.5. The number of hydrogen-bond donors (Lipinski definition) is 4. The third-order valence-corrected chi connectivity index (χ3v) is 9.72. The van der Waals surface area contributed by atoms with Gasteiger partial charge < -0.3 is 20.5 Å². The zero-order valence-corrected chi connectivity index (χ0v) is 26.1. The molecule has 1 aliphatic heterocycles. The first kappa shape index (κ1) is 34.0.